The normalized spacial score (nSPS) is 11.0. The van der Waals surface area contributed by atoms with Crippen LogP contribution in [-0.4, -0.2) is 40.1 Å². The molecule has 0 N–H and O–H groups in total. The van der Waals surface area contributed by atoms with Gasteiger partial charge < -0.3 is 4.74 Å². The minimum Gasteiger partial charge on any atom is -0.465 e. The van der Waals surface area contributed by atoms with Gasteiger partial charge in [0.25, 0.3) is 0 Å². The van der Waals surface area contributed by atoms with Gasteiger partial charge in [-0.2, -0.15) is 0 Å². The van der Waals surface area contributed by atoms with E-state index < -0.39 is 28.3 Å². The summed E-state index contributed by atoms with van der Waals surface area (Å²) in [4.78, 5) is 24.4. The molecule has 0 aliphatic heterocycles. The lowest BCUT2D eigenvalue weighted by molar-refractivity contribution is 0.0601. The van der Waals surface area contributed by atoms with E-state index in [1.165, 1.54) is 19.2 Å². The van der Waals surface area contributed by atoms with E-state index in [1.807, 2.05) is 0 Å². The summed E-state index contributed by atoms with van der Waals surface area (Å²) < 4.78 is 30.9. The molecular formula is C17H16BrNO5S. The number of esters is 1. The zero-order valence-electron chi connectivity index (χ0n) is 13.6. The smallest absolute Gasteiger partial charge is 0.340 e. The fourth-order valence-electron chi connectivity index (χ4n) is 2.21. The largest absolute Gasteiger partial charge is 0.465 e. The molecule has 0 aliphatic carbocycles. The Balaban J connectivity index is 2.44. The Morgan fingerprint density at radius 2 is 1.68 bits per heavy atom. The summed E-state index contributed by atoms with van der Waals surface area (Å²) >= 11 is 3.28. The van der Waals surface area contributed by atoms with Crippen LogP contribution in [-0.2, 0) is 14.8 Å². The van der Waals surface area contributed by atoms with Crippen molar-refractivity contribution in [3.05, 3.63) is 64.1 Å². The van der Waals surface area contributed by atoms with Crippen LogP contribution in [0.25, 0.3) is 0 Å². The van der Waals surface area contributed by atoms with Crippen molar-refractivity contribution in [1.29, 1.82) is 0 Å². The maximum Gasteiger partial charge on any atom is 0.340 e. The van der Waals surface area contributed by atoms with Gasteiger partial charge in [0.05, 0.1) is 31.2 Å². The molecule has 0 spiro atoms. The van der Waals surface area contributed by atoms with Gasteiger partial charge in [-0.25, -0.2) is 13.2 Å². The van der Waals surface area contributed by atoms with Crippen molar-refractivity contribution >= 4 is 43.4 Å². The molecule has 0 fully saturated rings. The van der Waals surface area contributed by atoms with Crippen molar-refractivity contribution < 1.29 is 22.7 Å². The highest BCUT2D eigenvalue weighted by Crippen LogP contribution is 2.24. The first kappa shape index (κ1) is 19.1. The Labute approximate surface area is 154 Å². The minimum absolute atomic E-state index is 0.0685. The van der Waals surface area contributed by atoms with E-state index in [2.05, 4.69) is 15.9 Å². The van der Waals surface area contributed by atoms with Crippen LogP contribution in [0.5, 0.6) is 0 Å². The number of rotatable bonds is 6. The molecular weight excluding hydrogens is 410 g/mol. The summed E-state index contributed by atoms with van der Waals surface area (Å²) in [6.45, 7) is -0.422. The zero-order valence-corrected chi connectivity index (χ0v) is 16.0. The Morgan fingerprint density at radius 1 is 1.08 bits per heavy atom. The molecule has 132 valence electrons. The lowest BCUT2D eigenvalue weighted by Gasteiger charge is -2.23. The molecule has 0 radical (unpaired) electrons. The number of carbonyl (C=O) groups excluding carboxylic acids is 2. The van der Waals surface area contributed by atoms with E-state index >= 15 is 0 Å². The van der Waals surface area contributed by atoms with Crippen molar-refractivity contribution in [2.75, 3.05) is 24.2 Å². The predicted octanol–water partition coefficient (Wildman–Crippen LogP) is 2.88. The van der Waals surface area contributed by atoms with E-state index in [0.717, 1.165) is 15.0 Å². The molecule has 6 nitrogen and oxygen atoms in total. The van der Waals surface area contributed by atoms with Gasteiger partial charge in [-0.15, -0.1) is 0 Å². The molecule has 0 atom stereocenters. The van der Waals surface area contributed by atoms with Crippen molar-refractivity contribution in [2.45, 2.75) is 0 Å². The van der Waals surface area contributed by atoms with E-state index in [9.17, 15) is 18.0 Å². The predicted molar refractivity (Wildman–Crippen MR) is 98.4 cm³/mol. The number of benzene rings is 2. The minimum atomic E-state index is -3.80. The van der Waals surface area contributed by atoms with E-state index in [1.54, 1.807) is 36.4 Å². The molecule has 2 aromatic rings. The number of sulfonamides is 1. The highest BCUT2D eigenvalue weighted by molar-refractivity contribution is 9.10. The van der Waals surface area contributed by atoms with Crippen LogP contribution in [0.3, 0.4) is 0 Å². The number of hydrogen-bond acceptors (Lipinski definition) is 5. The highest BCUT2D eigenvalue weighted by atomic mass is 79.9. The average Bonchev–Trinajstić information content (AvgIpc) is 2.58. The van der Waals surface area contributed by atoms with Crippen LogP contribution >= 0.6 is 15.9 Å². The third-order valence-electron chi connectivity index (χ3n) is 3.43. The molecule has 0 amide bonds. The van der Waals surface area contributed by atoms with Crippen LogP contribution in [0.15, 0.2) is 53.0 Å². The number of nitrogens with zero attached hydrogens (tertiary/aromatic N) is 1. The Kier molecular flexibility index (Phi) is 5.97. The number of Topliss-reactive ketones (excluding diaryl/α,β-unsaturated/α-hetero) is 1. The van der Waals surface area contributed by atoms with Crippen LogP contribution in [0.1, 0.15) is 20.7 Å². The fourth-order valence-corrected chi connectivity index (χ4v) is 3.34. The maximum atomic E-state index is 12.5. The molecule has 2 rings (SSSR count). The Bertz CT molecular complexity index is 894. The maximum absolute atomic E-state index is 12.5. The lowest BCUT2D eigenvalue weighted by Crippen LogP contribution is -2.36. The van der Waals surface area contributed by atoms with Crippen LogP contribution in [0.4, 0.5) is 5.69 Å². The number of halogens is 1. The quantitative estimate of drug-likeness (QED) is 0.524. The van der Waals surface area contributed by atoms with Crippen molar-refractivity contribution in [3.63, 3.8) is 0 Å². The molecule has 0 aliphatic rings. The molecule has 2 aromatic carbocycles. The third-order valence-corrected chi connectivity index (χ3v) is 5.09. The van der Waals surface area contributed by atoms with E-state index in [4.69, 9.17) is 4.74 Å². The summed E-state index contributed by atoms with van der Waals surface area (Å²) in [7, 11) is -2.59. The first-order valence-corrected chi connectivity index (χ1v) is 9.82. The SMILES string of the molecule is COC(=O)c1ccccc1N(CC(=O)c1ccc(Br)cc1)S(C)(=O)=O. The number of carbonyl (C=O) groups is 2. The topological polar surface area (TPSA) is 80.8 Å². The molecule has 0 aromatic heterocycles. The summed E-state index contributed by atoms with van der Waals surface area (Å²) in [6.07, 6.45) is 0.982. The fraction of sp³-hybridized carbons (Fsp3) is 0.176. The van der Waals surface area contributed by atoms with Gasteiger partial charge in [-0.3, -0.25) is 9.10 Å². The van der Waals surface area contributed by atoms with E-state index in [0.29, 0.717) is 5.56 Å². The molecule has 0 heterocycles. The van der Waals surface area contributed by atoms with Crippen LogP contribution in [0, 0.1) is 0 Å². The summed E-state index contributed by atoms with van der Waals surface area (Å²) in [5.41, 5.74) is 0.536. The highest BCUT2D eigenvalue weighted by Gasteiger charge is 2.26. The van der Waals surface area contributed by atoms with Crippen molar-refractivity contribution in [3.8, 4) is 0 Å². The van der Waals surface area contributed by atoms with Gasteiger partial charge in [-0.05, 0) is 24.3 Å². The first-order chi connectivity index (χ1) is 11.7. The van der Waals surface area contributed by atoms with Gasteiger partial charge in [0, 0.05) is 10.0 Å². The van der Waals surface area contributed by atoms with Gasteiger partial charge in [0.2, 0.25) is 10.0 Å². The molecule has 0 saturated carbocycles. The van der Waals surface area contributed by atoms with Gasteiger partial charge >= 0.3 is 5.97 Å². The molecule has 8 heteroatoms. The second-order valence-electron chi connectivity index (χ2n) is 5.21. The number of methoxy groups -OCH3 is 1. The molecule has 0 saturated heterocycles. The monoisotopic (exact) mass is 425 g/mol. The zero-order chi connectivity index (χ0) is 18.6. The Morgan fingerprint density at radius 3 is 2.24 bits per heavy atom. The second kappa shape index (κ2) is 7.79. The van der Waals surface area contributed by atoms with Crippen molar-refractivity contribution in [2.24, 2.45) is 0 Å². The van der Waals surface area contributed by atoms with Gasteiger partial charge in [0.1, 0.15) is 0 Å². The number of ketones is 1. The summed E-state index contributed by atoms with van der Waals surface area (Å²) in [5, 5.41) is 0. The van der Waals surface area contributed by atoms with E-state index in [-0.39, 0.29) is 11.3 Å². The number of anilines is 1. The lowest BCUT2D eigenvalue weighted by atomic mass is 10.1. The third kappa shape index (κ3) is 4.67. The molecule has 0 bridgehead atoms. The summed E-state index contributed by atoms with van der Waals surface area (Å²) in [5.74, 6) is -1.07. The van der Waals surface area contributed by atoms with Crippen LogP contribution in [0.2, 0.25) is 0 Å². The first-order valence-electron chi connectivity index (χ1n) is 7.18. The van der Waals surface area contributed by atoms with Crippen molar-refractivity contribution in [1.82, 2.24) is 0 Å². The number of hydrogen-bond donors (Lipinski definition) is 0. The second-order valence-corrected chi connectivity index (χ2v) is 8.03. The standard InChI is InChI=1S/C17H16BrNO5S/c1-24-17(21)14-5-3-4-6-15(14)19(25(2,22)23)11-16(20)12-7-9-13(18)10-8-12/h3-10H,11H2,1-2H3. The number of ether oxygens (including phenoxy) is 1. The van der Waals surface area contributed by atoms with Gasteiger partial charge in [0.15, 0.2) is 5.78 Å². The van der Waals surface area contributed by atoms with Gasteiger partial charge in [-0.1, -0.05) is 40.2 Å². The Hall–Kier alpha value is -2.19. The average molecular weight is 426 g/mol. The molecule has 25 heavy (non-hydrogen) atoms. The number of para-hydroxylation sites is 1. The molecule has 0 unspecified atom stereocenters. The summed E-state index contributed by atoms with van der Waals surface area (Å²) in [6, 6.07) is 12.7. The van der Waals surface area contributed by atoms with Crippen LogP contribution < -0.4 is 4.31 Å².